The molecule has 9 heteroatoms. The number of carbonyl (C=O) groups excluding carboxylic acids is 3. The zero-order valence-electron chi connectivity index (χ0n) is 17.9. The van der Waals surface area contributed by atoms with Gasteiger partial charge in [-0.25, -0.2) is 4.79 Å². The van der Waals surface area contributed by atoms with E-state index in [2.05, 4.69) is 10.6 Å². The molecular weight excluding hydrogens is 453 g/mol. The molecule has 2 atom stereocenters. The van der Waals surface area contributed by atoms with Gasteiger partial charge >= 0.3 is 6.09 Å². The number of hydrogen-bond acceptors (Lipinski definition) is 4. The number of benzene rings is 2. The van der Waals surface area contributed by atoms with Crippen LogP contribution in [0, 0.1) is 5.92 Å². The summed E-state index contributed by atoms with van der Waals surface area (Å²) >= 11 is 12.1. The van der Waals surface area contributed by atoms with E-state index in [1.54, 1.807) is 18.2 Å². The van der Waals surface area contributed by atoms with Gasteiger partial charge in [0.1, 0.15) is 18.7 Å². The first-order valence-corrected chi connectivity index (χ1v) is 10.9. The van der Waals surface area contributed by atoms with Crippen LogP contribution in [0.1, 0.15) is 31.4 Å². The second-order valence-electron chi connectivity index (χ2n) is 7.79. The molecule has 2 aromatic rings. The van der Waals surface area contributed by atoms with E-state index in [0.717, 1.165) is 5.56 Å². The molecule has 7 nitrogen and oxygen atoms in total. The molecule has 0 aliphatic rings. The molecule has 0 bridgehead atoms. The van der Waals surface area contributed by atoms with Crippen LogP contribution in [-0.4, -0.2) is 30.0 Å². The maximum atomic E-state index is 12.9. The lowest BCUT2D eigenvalue weighted by atomic mass is 10.0. The molecule has 0 fully saturated rings. The third-order valence-electron chi connectivity index (χ3n) is 4.63. The van der Waals surface area contributed by atoms with Crippen LogP contribution in [0.3, 0.4) is 0 Å². The monoisotopic (exact) mass is 479 g/mol. The van der Waals surface area contributed by atoms with Gasteiger partial charge in [-0.05, 0) is 35.6 Å². The van der Waals surface area contributed by atoms with Gasteiger partial charge in [0.2, 0.25) is 11.8 Å². The Bertz CT molecular complexity index is 938. The van der Waals surface area contributed by atoms with Crippen LogP contribution in [0.25, 0.3) is 0 Å². The van der Waals surface area contributed by atoms with E-state index in [4.69, 9.17) is 33.7 Å². The molecule has 32 heavy (non-hydrogen) atoms. The van der Waals surface area contributed by atoms with E-state index in [0.29, 0.717) is 22.0 Å². The van der Waals surface area contributed by atoms with E-state index >= 15 is 0 Å². The van der Waals surface area contributed by atoms with Gasteiger partial charge in [-0.2, -0.15) is 0 Å². The smallest absolute Gasteiger partial charge is 0.408 e. The van der Waals surface area contributed by atoms with Crippen molar-refractivity contribution in [2.24, 2.45) is 11.7 Å². The van der Waals surface area contributed by atoms with Gasteiger partial charge < -0.3 is 21.1 Å². The van der Waals surface area contributed by atoms with Crippen molar-refractivity contribution in [2.45, 2.75) is 45.4 Å². The van der Waals surface area contributed by atoms with Gasteiger partial charge in [-0.15, -0.1) is 0 Å². The van der Waals surface area contributed by atoms with E-state index in [-0.39, 0.29) is 18.9 Å². The first-order valence-electron chi connectivity index (χ1n) is 10.2. The third-order valence-corrected chi connectivity index (χ3v) is 5.21. The fraction of sp³-hybridized carbons (Fsp3) is 0.348. The van der Waals surface area contributed by atoms with Gasteiger partial charge in [0.15, 0.2) is 0 Å². The summed E-state index contributed by atoms with van der Waals surface area (Å²) in [6.07, 6.45) is -0.297. The number of carbonyl (C=O) groups is 3. The Morgan fingerprint density at radius 1 is 1.00 bits per heavy atom. The summed E-state index contributed by atoms with van der Waals surface area (Å²) in [7, 11) is 0. The third kappa shape index (κ3) is 8.40. The number of nitrogens with one attached hydrogen (secondary N) is 2. The van der Waals surface area contributed by atoms with Crippen LogP contribution in [-0.2, 0) is 27.4 Å². The molecule has 0 spiro atoms. The molecule has 0 saturated carbocycles. The topological polar surface area (TPSA) is 111 Å². The van der Waals surface area contributed by atoms with Crippen molar-refractivity contribution in [2.75, 3.05) is 0 Å². The summed E-state index contributed by atoms with van der Waals surface area (Å²) < 4.78 is 5.21. The molecule has 0 unspecified atom stereocenters. The highest BCUT2D eigenvalue weighted by atomic mass is 35.5. The summed E-state index contributed by atoms with van der Waals surface area (Å²) in [5.41, 5.74) is 6.92. The number of halogens is 2. The van der Waals surface area contributed by atoms with Gasteiger partial charge in [0.25, 0.3) is 0 Å². The van der Waals surface area contributed by atoms with Crippen molar-refractivity contribution in [1.82, 2.24) is 10.6 Å². The largest absolute Gasteiger partial charge is 0.445 e. The first kappa shape index (κ1) is 25.5. The van der Waals surface area contributed by atoms with Crippen LogP contribution < -0.4 is 16.4 Å². The Hall–Kier alpha value is -2.77. The van der Waals surface area contributed by atoms with Crippen molar-refractivity contribution < 1.29 is 19.1 Å². The number of ether oxygens (including phenoxy) is 1. The number of amides is 3. The van der Waals surface area contributed by atoms with Gasteiger partial charge in [0, 0.05) is 16.5 Å². The van der Waals surface area contributed by atoms with Crippen molar-refractivity contribution >= 4 is 41.1 Å². The predicted octanol–water partition coefficient (Wildman–Crippen LogP) is 3.85. The molecule has 0 heterocycles. The normalized spacial score (nSPS) is 12.7. The maximum Gasteiger partial charge on any atom is 0.408 e. The van der Waals surface area contributed by atoms with Gasteiger partial charge in [0.05, 0.1) is 0 Å². The summed E-state index contributed by atoms with van der Waals surface area (Å²) in [6.45, 7) is 3.90. The maximum absolute atomic E-state index is 12.9. The van der Waals surface area contributed by atoms with Crippen LogP contribution in [0.4, 0.5) is 4.79 Å². The van der Waals surface area contributed by atoms with Crippen LogP contribution in [0.5, 0.6) is 0 Å². The Kier molecular flexibility index (Phi) is 9.81. The summed E-state index contributed by atoms with van der Waals surface area (Å²) in [6, 6.07) is 12.1. The van der Waals surface area contributed by atoms with Crippen LogP contribution in [0.15, 0.2) is 48.5 Å². The fourth-order valence-corrected chi connectivity index (χ4v) is 3.50. The van der Waals surface area contributed by atoms with E-state index < -0.39 is 30.0 Å². The quantitative estimate of drug-likeness (QED) is 0.480. The minimum Gasteiger partial charge on any atom is -0.445 e. The fourth-order valence-electron chi connectivity index (χ4n) is 3.01. The highest BCUT2D eigenvalue weighted by molar-refractivity contribution is 6.35. The minimum atomic E-state index is -1.02. The average molecular weight is 480 g/mol. The zero-order chi connectivity index (χ0) is 23.7. The Morgan fingerprint density at radius 2 is 1.69 bits per heavy atom. The summed E-state index contributed by atoms with van der Waals surface area (Å²) in [4.78, 5) is 37.1. The van der Waals surface area contributed by atoms with Crippen molar-refractivity contribution in [3.8, 4) is 0 Å². The van der Waals surface area contributed by atoms with E-state index in [1.165, 1.54) is 0 Å². The molecular formula is C23H27Cl2N3O4. The van der Waals surface area contributed by atoms with E-state index in [9.17, 15) is 14.4 Å². The molecule has 2 rings (SSSR count). The molecule has 172 valence electrons. The SMILES string of the molecule is CC(C)C[C@H](NC(=O)OCc1ccccc1)C(=O)N[C@@H](Cc1ccc(Cl)cc1Cl)C(N)=O. The lowest BCUT2D eigenvalue weighted by Gasteiger charge is -2.23. The van der Waals surface area contributed by atoms with Gasteiger partial charge in [-0.3, -0.25) is 9.59 Å². The number of nitrogens with two attached hydrogens (primary N) is 1. The molecule has 0 radical (unpaired) electrons. The lowest BCUT2D eigenvalue weighted by molar-refractivity contribution is -0.128. The van der Waals surface area contributed by atoms with Crippen molar-refractivity contribution in [3.05, 3.63) is 69.7 Å². The second-order valence-corrected chi connectivity index (χ2v) is 8.64. The number of rotatable bonds is 10. The molecule has 4 N–H and O–H groups in total. The predicted molar refractivity (Wildman–Crippen MR) is 124 cm³/mol. The lowest BCUT2D eigenvalue weighted by Crippen LogP contribution is -2.54. The highest BCUT2D eigenvalue weighted by Crippen LogP contribution is 2.22. The molecule has 2 aromatic carbocycles. The Morgan fingerprint density at radius 3 is 2.28 bits per heavy atom. The Balaban J connectivity index is 2.03. The average Bonchev–Trinajstić information content (AvgIpc) is 2.73. The van der Waals surface area contributed by atoms with Gasteiger partial charge in [-0.1, -0.05) is 73.4 Å². The molecule has 0 saturated heterocycles. The van der Waals surface area contributed by atoms with Crippen molar-refractivity contribution in [1.29, 1.82) is 0 Å². The second kappa shape index (κ2) is 12.3. The van der Waals surface area contributed by atoms with E-state index in [1.807, 2.05) is 44.2 Å². The number of hydrogen-bond donors (Lipinski definition) is 3. The molecule has 3 amide bonds. The molecule has 0 aliphatic heterocycles. The molecule has 0 aromatic heterocycles. The molecule has 0 aliphatic carbocycles. The van der Waals surface area contributed by atoms with Crippen LogP contribution >= 0.6 is 23.2 Å². The highest BCUT2D eigenvalue weighted by Gasteiger charge is 2.27. The van der Waals surface area contributed by atoms with Crippen molar-refractivity contribution in [3.63, 3.8) is 0 Å². The number of primary amides is 1. The summed E-state index contributed by atoms with van der Waals surface area (Å²) in [5, 5.41) is 6.01. The number of alkyl carbamates (subject to hydrolysis) is 1. The standard InChI is InChI=1S/C23H27Cl2N3O4/c1-14(2)10-20(28-23(31)32-13-15-6-4-3-5-7-15)22(30)27-19(21(26)29)11-16-8-9-17(24)12-18(16)25/h3-9,12,14,19-20H,10-11,13H2,1-2H3,(H2,26,29)(H,27,30)(H,28,31)/t19-,20-/m0/s1. The zero-order valence-corrected chi connectivity index (χ0v) is 19.5. The summed E-state index contributed by atoms with van der Waals surface area (Å²) in [5.74, 6) is -1.17. The Labute approximate surface area is 197 Å². The van der Waals surface area contributed by atoms with Crippen LogP contribution in [0.2, 0.25) is 10.0 Å². The first-order chi connectivity index (χ1) is 15.2. The minimum absolute atomic E-state index is 0.0711.